The van der Waals surface area contributed by atoms with Crippen LogP contribution in [0.25, 0.3) is 0 Å². The van der Waals surface area contributed by atoms with E-state index >= 15 is 0 Å². The summed E-state index contributed by atoms with van der Waals surface area (Å²) < 4.78 is 13.8. The van der Waals surface area contributed by atoms with Crippen molar-refractivity contribution < 1.29 is 9.26 Å². The van der Waals surface area contributed by atoms with E-state index < -0.39 is 13.7 Å². The zero-order chi connectivity index (χ0) is 33.2. The summed E-state index contributed by atoms with van der Waals surface area (Å²) in [6.45, 7) is 17.4. The minimum atomic E-state index is -1.25. The molecule has 0 aromatic heterocycles. The molecule has 3 nitrogen and oxygen atoms in total. The van der Waals surface area contributed by atoms with E-state index in [1.807, 2.05) is 12.1 Å². The second-order valence-electron chi connectivity index (χ2n) is 13.4. The lowest BCUT2D eigenvalue weighted by Crippen LogP contribution is -2.45. The summed E-state index contributed by atoms with van der Waals surface area (Å²) in [6.07, 6.45) is 0.767. The highest BCUT2D eigenvalue weighted by Gasteiger charge is 2.45. The van der Waals surface area contributed by atoms with E-state index in [1.165, 1.54) is 11.1 Å². The molecule has 0 spiro atoms. The summed E-state index contributed by atoms with van der Waals surface area (Å²) in [5.74, 6) is 24.8. The molecule has 0 fully saturated rings. The minimum Gasteiger partial charge on any atom is -0.475 e. The van der Waals surface area contributed by atoms with Crippen molar-refractivity contribution >= 4 is 24.7 Å². The molecular formula is C42H44NO2P. The van der Waals surface area contributed by atoms with Gasteiger partial charge in [-0.3, -0.25) is 0 Å². The first-order chi connectivity index (χ1) is 22.0. The van der Waals surface area contributed by atoms with E-state index in [-0.39, 0.29) is 16.9 Å². The van der Waals surface area contributed by atoms with Crippen LogP contribution in [-0.4, -0.2) is 24.1 Å². The van der Waals surface area contributed by atoms with Gasteiger partial charge in [-0.15, -0.1) is 0 Å². The highest BCUT2D eigenvalue weighted by Crippen LogP contribution is 2.45. The van der Waals surface area contributed by atoms with E-state index in [0.717, 1.165) is 16.2 Å². The van der Waals surface area contributed by atoms with Crippen molar-refractivity contribution in [2.24, 2.45) is 4.99 Å². The van der Waals surface area contributed by atoms with Crippen LogP contribution in [-0.2, 0) is 20.1 Å². The van der Waals surface area contributed by atoms with Crippen LogP contribution in [0, 0.1) is 47.4 Å². The first-order valence-electron chi connectivity index (χ1n) is 15.7. The van der Waals surface area contributed by atoms with Gasteiger partial charge < -0.3 is 9.26 Å². The van der Waals surface area contributed by atoms with Crippen LogP contribution in [0.5, 0.6) is 0 Å². The Balaban J connectivity index is 1.89. The summed E-state index contributed by atoms with van der Waals surface area (Å²) >= 11 is 0. The molecule has 0 bridgehead atoms. The molecule has 0 saturated heterocycles. The van der Waals surface area contributed by atoms with Gasteiger partial charge in [-0.05, 0) is 71.6 Å². The molecule has 4 rings (SSSR count). The van der Waals surface area contributed by atoms with Gasteiger partial charge in [0.2, 0.25) is 5.90 Å². The number of aliphatic imine (C=N–C) groups is 1. The topological polar surface area (TPSA) is 30.8 Å². The third-order valence-electron chi connectivity index (χ3n) is 7.75. The molecule has 4 heteroatoms. The van der Waals surface area contributed by atoms with Crippen molar-refractivity contribution in [1.82, 2.24) is 0 Å². The molecule has 1 unspecified atom stereocenters. The average molecular weight is 626 g/mol. The maximum absolute atomic E-state index is 7.37. The highest BCUT2D eigenvalue weighted by molar-refractivity contribution is 7.68. The van der Waals surface area contributed by atoms with Crippen LogP contribution in [0.4, 0.5) is 0 Å². The largest absolute Gasteiger partial charge is 0.475 e. The molecule has 1 atom stereocenters. The molecule has 46 heavy (non-hydrogen) atoms. The van der Waals surface area contributed by atoms with E-state index in [4.69, 9.17) is 14.3 Å². The molecule has 0 N–H and O–H groups in total. The van der Waals surface area contributed by atoms with E-state index in [1.54, 1.807) is 13.8 Å². The second-order valence-corrected chi connectivity index (χ2v) is 15.2. The van der Waals surface area contributed by atoms with Crippen LogP contribution in [0.1, 0.15) is 84.9 Å². The molecule has 1 aliphatic heterocycles. The van der Waals surface area contributed by atoms with Crippen molar-refractivity contribution in [2.75, 3.05) is 6.61 Å². The smallest absolute Gasteiger partial charge is 0.216 e. The molecule has 0 radical (unpaired) electrons. The first kappa shape index (κ1) is 34.6. The van der Waals surface area contributed by atoms with Crippen molar-refractivity contribution in [3.8, 4) is 47.4 Å². The van der Waals surface area contributed by atoms with Gasteiger partial charge in [0, 0.05) is 29.0 Å². The van der Waals surface area contributed by atoms with Crippen LogP contribution < -0.4 is 10.6 Å². The quantitative estimate of drug-likeness (QED) is 0.187. The van der Waals surface area contributed by atoms with Gasteiger partial charge >= 0.3 is 0 Å². The summed E-state index contributed by atoms with van der Waals surface area (Å²) in [5, 5.41) is 2.21. The van der Waals surface area contributed by atoms with Crippen molar-refractivity contribution in [2.45, 2.75) is 90.7 Å². The number of hydrogen-bond donors (Lipinski definition) is 0. The number of nitrogens with zero attached hydrogens (tertiary/aromatic N) is 1. The van der Waals surface area contributed by atoms with Crippen LogP contribution in [0.2, 0.25) is 0 Å². The van der Waals surface area contributed by atoms with Gasteiger partial charge in [0.25, 0.3) is 0 Å². The Kier molecular flexibility index (Phi) is 11.6. The van der Waals surface area contributed by atoms with Crippen molar-refractivity contribution in [1.29, 1.82) is 0 Å². The van der Waals surface area contributed by atoms with E-state index in [0.29, 0.717) is 25.3 Å². The molecule has 0 saturated carbocycles. The van der Waals surface area contributed by atoms with Gasteiger partial charge in [0.15, 0.2) is 0 Å². The maximum atomic E-state index is 7.37. The SMILES string of the molecule is CC#CC#CCC(CC#CC#CC)(OP(c1ccccc1)c1ccccc1)C1COC(c2cc(C(C)(C)C)cc(C(C)(C)C)c2)=N1. The summed E-state index contributed by atoms with van der Waals surface area (Å²) in [7, 11) is -1.25. The Hall–Kier alpha value is -4.24. The molecular weight excluding hydrogens is 581 g/mol. The van der Waals surface area contributed by atoms with Crippen molar-refractivity contribution in [3.05, 3.63) is 95.6 Å². The third-order valence-corrected chi connectivity index (χ3v) is 9.83. The van der Waals surface area contributed by atoms with Gasteiger partial charge in [-0.2, -0.15) is 0 Å². The standard InChI is InChI=1S/C42H44NO2P/c1-9-11-13-21-27-42(28-22-14-12-10-2,45-46(36-23-17-15-18-24-36)37-25-19-16-20-26-37)38-32-44-39(43-38)33-29-34(40(3,4)5)31-35(30-33)41(6,7)8/h15-20,23-26,29-31,38H,27-28,32H2,1-8H3. The Morgan fingerprint density at radius 3 is 1.63 bits per heavy atom. The molecule has 1 aliphatic rings. The van der Waals surface area contributed by atoms with Crippen LogP contribution >= 0.6 is 8.15 Å². The lowest BCUT2D eigenvalue weighted by atomic mass is 9.79. The van der Waals surface area contributed by atoms with Crippen LogP contribution in [0.3, 0.4) is 0 Å². The predicted molar refractivity (Wildman–Crippen MR) is 195 cm³/mol. The van der Waals surface area contributed by atoms with Gasteiger partial charge in [0.1, 0.15) is 18.2 Å². The number of hydrogen-bond acceptors (Lipinski definition) is 3. The molecule has 3 aromatic carbocycles. The van der Waals surface area contributed by atoms with E-state index in [2.05, 4.69) is 156 Å². The number of rotatable bonds is 8. The second kappa shape index (κ2) is 15.4. The zero-order valence-corrected chi connectivity index (χ0v) is 29.3. The number of ether oxygens (including phenoxy) is 1. The third kappa shape index (κ3) is 8.94. The Labute approximate surface area is 278 Å². The fourth-order valence-electron chi connectivity index (χ4n) is 5.01. The first-order valence-corrected chi connectivity index (χ1v) is 17.0. The highest BCUT2D eigenvalue weighted by atomic mass is 31.1. The molecule has 234 valence electrons. The monoisotopic (exact) mass is 625 g/mol. The molecule has 3 aromatic rings. The van der Waals surface area contributed by atoms with Gasteiger partial charge in [-0.1, -0.05) is 132 Å². The molecule has 0 aliphatic carbocycles. The minimum absolute atomic E-state index is 0.0333. The van der Waals surface area contributed by atoms with Gasteiger partial charge in [0.05, 0.1) is 8.15 Å². The summed E-state index contributed by atoms with van der Waals surface area (Å²) in [4.78, 5) is 5.29. The molecule has 1 heterocycles. The Bertz CT molecular complexity index is 1670. The summed E-state index contributed by atoms with van der Waals surface area (Å²) in [6, 6.07) is 27.1. The summed E-state index contributed by atoms with van der Waals surface area (Å²) in [5.41, 5.74) is 2.52. The molecule has 0 amide bonds. The Morgan fingerprint density at radius 1 is 0.717 bits per heavy atom. The predicted octanol–water partition coefficient (Wildman–Crippen LogP) is 8.06. The van der Waals surface area contributed by atoms with Crippen LogP contribution in [0.15, 0.2) is 83.9 Å². The van der Waals surface area contributed by atoms with Gasteiger partial charge in [-0.25, -0.2) is 4.99 Å². The number of benzene rings is 3. The Morgan fingerprint density at radius 2 is 1.20 bits per heavy atom. The van der Waals surface area contributed by atoms with E-state index in [9.17, 15) is 0 Å². The lowest BCUT2D eigenvalue weighted by molar-refractivity contribution is 0.0579. The fraction of sp³-hybridized carbons (Fsp3) is 0.357. The maximum Gasteiger partial charge on any atom is 0.216 e. The lowest BCUT2D eigenvalue weighted by Gasteiger charge is -2.37. The zero-order valence-electron chi connectivity index (χ0n) is 28.4. The normalized spacial score (nSPS) is 14.3. The fourth-order valence-corrected chi connectivity index (χ4v) is 7.02. The average Bonchev–Trinajstić information content (AvgIpc) is 3.55. The van der Waals surface area contributed by atoms with Crippen molar-refractivity contribution in [3.63, 3.8) is 0 Å².